The highest BCUT2D eigenvalue weighted by Crippen LogP contribution is 2.35. The van der Waals surface area contributed by atoms with Crippen LogP contribution in [-0.4, -0.2) is 54.3 Å². The van der Waals surface area contributed by atoms with Gasteiger partial charge < -0.3 is 14.2 Å². The zero-order chi connectivity index (χ0) is 20.0. The second-order valence-corrected chi connectivity index (χ2v) is 5.61. The number of Topliss-reactive ketones (excluding diaryl/α,β-unsaturated/α-hetero) is 1. The van der Waals surface area contributed by atoms with Gasteiger partial charge in [0.05, 0.1) is 19.8 Å². The minimum absolute atomic E-state index is 0.0136. The number of hydrogen-bond acceptors (Lipinski definition) is 7. The van der Waals surface area contributed by atoms with Gasteiger partial charge in [-0.1, -0.05) is 24.3 Å². The zero-order valence-electron chi connectivity index (χ0n) is 15.4. The Morgan fingerprint density at radius 1 is 1.04 bits per heavy atom. The molecule has 0 spiro atoms. The molecule has 1 atom stereocenters. The number of ketones is 1. The molecule has 1 aliphatic rings. The number of hydrogen-bond donors (Lipinski definition) is 1. The van der Waals surface area contributed by atoms with Crippen molar-refractivity contribution in [1.29, 1.82) is 0 Å². The molecule has 0 bridgehead atoms. The molecule has 0 aromatic heterocycles. The summed E-state index contributed by atoms with van der Waals surface area (Å²) in [6.07, 6.45) is -2.23. The van der Waals surface area contributed by atoms with E-state index in [4.69, 9.17) is 14.2 Å². The Labute approximate surface area is 156 Å². The molecule has 1 N–H and O–H groups in total. The smallest absolute Gasteiger partial charge is 0.430 e. The van der Waals surface area contributed by atoms with Gasteiger partial charge in [0.1, 0.15) is 0 Å². The molecule has 1 aliphatic carbocycles. The molecule has 0 fully saturated rings. The molecule has 0 saturated carbocycles. The van der Waals surface area contributed by atoms with Crippen molar-refractivity contribution >= 4 is 23.9 Å². The summed E-state index contributed by atoms with van der Waals surface area (Å²) >= 11 is 0. The van der Waals surface area contributed by atoms with Gasteiger partial charge in [-0.2, -0.15) is 5.01 Å². The van der Waals surface area contributed by atoms with Crippen LogP contribution in [0.15, 0.2) is 24.3 Å². The molecular weight excluding hydrogens is 356 g/mol. The van der Waals surface area contributed by atoms with Crippen molar-refractivity contribution in [2.45, 2.75) is 32.7 Å². The first-order valence-corrected chi connectivity index (χ1v) is 8.62. The molecule has 0 unspecified atom stereocenters. The maximum atomic E-state index is 13.2. The molecule has 0 saturated heterocycles. The number of ether oxygens (including phenoxy) is 3. The second-order valence-electron chi connectivity index (χ2n) is 5.61. The Morgan fingerprint density at radius 2 is 1.67 bits per heavy atom. The summed E-state index contributed by atoms with van der Waals surface area (Å²) in [6, 6.07) is 6.57. The van der Waals surface area contributed by atoms with Gasteiger partial charge in [0.25, 0.3) is 0 Å². The minimum Gasteiger partial charge on any atom is -0.464 e. The number of amides is 2. The summed E-state index contributed by atoms with van der Waals surface area (Å²) in [4.78, 5) is 50.6. The highest BCUT2D eigenvalue weighted by atomic mass is 16.6. The van der Waals surface area contributed by atoms with Crippen LogP contribution in [0.4, 0.5) is 9.59 Å². The third kappa shape index (κ3) is 3.71. The summed E-state index contributed by atoms with van der Waals surface area (Å²) in [5.41, 5.74) is 0.874. The molecular formula is C18H22N2O7. The molecule has 0 radical (unpaired) electrons. The first-order chi connectivity index (χ1) is 12.9. The highest BCUT2D eigenvalue weighted by molar-refractivity contribution is 6.21. The lowest BCUT2D eigenvalue weighted by Gasteiger charge is -2.35. The topological polar surface area (TPSA) is 111 Å². The molecule has 1 aromatic carbocycles. The van der Waals surface area contributed by atoms with Crippen LogP contribution >= 0.6 is 0 Å². The number of fused-ring (bicyclic) bond motifs is 1. The van der Waals surface area contributed by atoms with Gasteiger partial charge in [-0.15, -0.1) is 0 Å². The molecule has 1 aromatic rings. The second kappa shape index (κ2) is 8.52. The molecule has 9 heteroatoms. The number of carbonyl (C=O) groups is 4. The summed E-state index contributed by atoms with van der Waals surface area (Å²) in [5.74, 6) is -1.63. The van der Waals surface area contributed by atoms with Crippen LogP contribution in [0.3, 0.4) is 0 Å². The molecule has 9 nitrogen and oxygen atoms in total. The third-order valence-corrected chi connectivity index (χ3v) is 4.01. The molecule has 2 rings (SSSR count). The number of nitrogens with zero attached hydrogens (tertiary/aromatic N) is 1. The van der Waals surface area contributed by atoms with Crippen molar-refractivity contribution < 1.29 is 33.4 Å². The Kier molecular flexibility index (Phi) is 6.38. The van der Waals surface area contributed by atoms with Crippen molar-refractivity contribution in [3.8, 4) is 0 Å². The summed E-state index contributed by atoms with van der Waals surface area (Å²) in [6.45, 7) is 4.70. The molecule has 146 valence electrons. The largest absolute Gasteiger partial charge is 0.464 e. The Bertz CT molecular complexity index is 749. The van der Waals surface area contributed by atoms with E-state index in [2.05, 4.69) is 5.43 Å². The zero-order valence-corrected chi connectivity index (χ0v) is 15.4. The number of benzene rings is 1. The predicted molar refractivity (Wildman–Crippen MR) is 92.9 cm³/mol. The fraction of sp³-hybridized carbons (Fsp3) is 0.444. The lowest BCUT2D eigenvalue weighted by Crippen LogP contribution is -2.67. The van der Waals surface area contributed by atoms with Crippen LogP contribution in [-0.2, 0) is 25.4 Å². The summed E-state index contributed by atoms with van der Waals surface area (Å²) in [5, 5.41) is 0.578. The first-order valence-electron chi connectivity index (χ1n) is 8.62. The Hall–Kier alpha value is -3.10. The molecule has 0 aliphatic heterocycles. The van der Waals surface area contributed by atoms with E-state index in [1.807, 2.05) is 0 Å². The molecule has 27 heavy (non-hydrogen) atoms. The van der Waals surface area contributed by atoms with E-state index in [9.17, 15) is 19.2 Å². The average Bonchev–Trinajstić information content (AvgIpc) is 2.94. The summed E-state index contributed by atoms with van der Waals surface area (Å²) < 4.78 is 14.8. The van der Waals surface area contributed by atoms with E-state index in [0.717, 1.165) is 0 Å². The quantitative estimate of drug-likeness (QED) is 0.360. The Morgan fingerprint density at radius 3 is 2.26 bits per heavy atom. The van der Waals surface area contributed by atoms with Crippen molar-refractivity contribution in [3.63, 3.8) is 0 Å². The Balaban J connectivity index is 2.55. The number of carbonyl (C=O) groups excluding carboxylic acids is 4. The maximum absolute atomic E-state index is 13.2. The predicted octanol–water partition coefficient (Wildman–Crippen LogP) is 1.85. The summed E-state index contributed by atoms with van der Waals surface area (Å²) in [7, 11) is 0. The van der Waals surface area contributed by atoms with Gasteiger partial charge >= 0.3 is 18.2 Å². The van der Waals surface area contributed by atoms with Crippen LogP contribution in [0.1, 0.15) is 36.7 Å². The van der Waals surface area contributed by atoms with Crippen LogP contribution in [0, 0.1) is 0 Å². The van der Waals surface area contributed by atoms with Gasteiger partial charge in [-0.3, -0.25) is 4.79 Å². The van der Waals surface area contributed by atoms with Crippen LogP contribution in [0.25, 0.3) is 0 Å². The van der Waals surface area contributed by atoms with Crippen LogP contribution in [0.5, 0.6) is 0 Å². The van der Waals surface area contributed by atoms with E-state index >= 15 is 0 Å². The average molecular weight is 378 g/mol. The van der Waals surface area contributed by atoms with Gasteiger partial charge in [0.15, 0.2) is 0 Å². The van der Waals surface area contributed by atoms with E-state index in [1.165, 1.54) is 0 Å². The fourth-order valence-corrected chi connectivity index (χ4v) is 2.90. The van der Waals surface area contributed by atoms with E-state index < -0.39 is 29.5 Å². The van der Waals surface area contributed by atoms with E-state index in [1.54, 1.807) is 45.0 Å². The van der Waals surface area contributed by atoms with Crippen molar-refractivity contribution in [1.82, 2.24) is 10.4 Å². The lowest BCUT2D eigenvalue weighted by molar-refractivity contribution is -0.154. The van der Waals surface area contributed by atoms with Gasteiger partial charge in [0, 0.05) is 12.0 Å². The molecule has 0 heterocycles. The number of nitrogens with one attached hydrogen (secondary N) is 1. The van der Waals surface area contributed by atoms with Crippen molar-refractivity contribution in [2.75, 3.05) is 19.8 Å². The normalized spacial score (nSPS) is 17.7. The SMILES string of the molecule is CCOC(=O)NN(C(=O)OCC)[C@]1(C(=O)OCC)Cc2ccccc2C1=O. The molecule has 2 amide bonds. The highest BCUT2D eigenvalue weighted by Gasteiger charge is 2.60. The van der Waals surface area contributed by atoms with Crippen LogP contribution in [0.2, 0.25) is 0 Å². The van der Waals surface area contributed by atoms with Crippen molar-refractivity contribution in [3.05, 3.63) is 35.4 Å². The van der Waals surface area contributed by atoms with Gasteiger partial charge in [-0.05, 0) is 26.3 Å². The van der Waals surface area contributed by atoms with E-state index in [-0.39, 0.29) is 31.8 Å². The lowest BCUT2D eigenvalue weighted by atomic mass is 9.93. The number of esters is 1. The monoisotopic (exact) mass is 378 g/mol. The van der Waals surface area contributed by atoms with E-state index in [0.29, 0.717) is 10.6 Å². The number of rotatable bonds is 5. The van der Waals surface area contributed by atoms with Crippen molar-refractivity contribution in [2.24, 2.45) is 0 Å². The first kappa shape index (κ1) is 20.2. The van der Waals surface area contributed by atoms with Gasteiger partial charge in [-0.25, -0.2) is 19.8 Å². The standard InChI is InChI=1S/C18H22N2O7/c1-4-25-15(22)18(11-12-9-7-8-10-13(12)14(18)21)20(17(24)27-6-3)19-16(23)26-5-2/h7-10H,4-6,11H2,1-3H3,(H,19,23)/t18-/m1/s1. The number of hydrazine groups is 1. The van der Waals surface area contributed by atoms with Gasteiger partial charge in [0.2, 0.25) is 11.3 Å². The van der Waals surface area contributed by atoms with Crippen LogP contribution < -0.4 is 5.43 Å². The third-order valence-electron chi connectivity index (χ3n) is 4.01. The maximum Gasteiger partial charge on any atom is 0.430 e. The fourth-order valence-electron chi connectivity index (χ4n) is 2.90. The minimum atomic E-state index is -2.11.